The van der Waals surface area contributed by atoms with E-state index in [0.29, 0.717) is 16.5 Å². The second kappa shape index (κ2) is 8.65. The van der Waals surface area contributed by atoms with Crippen molar-refractivity contribution in [3.63, 3.8) is 0 Å². The third kappa shape index (κ3) is 4.13. The monoisotopic (exact) mass is 452 g/mol. The highest BCUT2D eigenvalue weighted by Crippen LogP contribution is 2.40. The number of nitrogens with zero attached hydrogens (tertiary/aromatic N) is 4. The molecule has 0 aromatic carbocycles. The number of carbonyl (C=O) groups excluding carboxylic acids is 2. The molecule has 3 aromatic rings. The lowest BCUT2D eigenvalue weighted by Gasteiger charge is -2.10. The Morgan fingerprint density at radius 1 is 1.32 bits per heavy atom. The van der Waals surface area contributed by atoms with E-state index in [0.717, 1.165) is 35.1 Å². The van der Waals surface area contributed by atoms with Crippen molar-refractivity contribution in [1.29, 1.82) is 5.26 Å². The zero-order valence-corrected chi connectivity index (χ0v) is 19.0. The number of hydrogen-bond acceptors (Lipinski definition) is 8. The highest BCUT2D eigenvalue weighted by atomic mass is 32.2. The first kappa shape index (κ1) is 21.3. The smallest absolute Gasteiger partial charge is 0.340 e. The molecule has 0 spiro atoms. The van der Waals surface area contributed by atoms with Crippen LogP contribution in [0.2, 0.25) is 0 Å². The first-order valence-corrected chi connectivity index (χ1v) is 11.8. The van der Waals surface area contributed by atoms with E-state index in [4.69, 9.17) is 4.74 Å². The molecule has 7 nitrogen and oxygen atoms in total. The van der Waals surface area contributed by atoms with Crippen molar-refractivity contribution in [2.75, 3.05) is 12.9 Å². The van der Waals surface area contributed by atoms with E-state index in [1.165, 1.54) is 23.1 Å². The molecule has 158 valence electrons. The molecule has 31 heavy (non-hydrogen) atoms. The summed E-state index contributed by atoms with van der Waals surface area (Å²) >= 11 is 2.80. The lowest BCUT2D eigenvalue weighted by Crippen LogP contribution is -2.17. The van der Waals surface area contributed by atoms with Gasteiger partial charge in [0.05, 0.1) is 11.1 Å². The van der Waals surface area contributed by atoms with Crippen molar-refractivity contribution in [3.05, 3.63) is 57.5 Å². The molecule has 1 aliphatic carbocycles. The molecule has 0 atom stereocenters. The molecule has 1 saturated carbocycles. The van der Waals surface area contributed by atoms with E-state index in [1.54, 1.807) is 18.3 Å². The maximum absolute atomic E-state index is 12.8. The fourth-order valence-electron chi connectivity index (χ4n) is 3.50. The number of carbonyl (C=O) groups is 2. The van der Waals surface area contributed by atoms with Crippen LogP contribution < -0.4 is 0 Å². The van der Waals surface area contributed by atoms with Crippen molar-refractivity contribution in [1.82, 2.24) is 14.5 Å². The number of thiazole rings is 1. The van der Waals surface area contributed by atoms with Gasteiger partial charge >= 0.3 is 5.97 Å². The number of ether oxygens (including phenoxy) is 1. The van der Waals surface area contributed by atoms with Crippen LogP contribution in [0, 0.1) is 25.2 Å². The summed E-state index contributed by atoms with van der Waals surface area (Å²) in [6, 6.07) is 5.47. The van der Waals surface area contributed by atoms with Gasteiger partial charge in [-0.2, -0.15) is 5.26 Å². The number of Topliss-reactive ketones (excluding diaryl/α,β-unsaturated/α-hetero) is 1. The summed E-state index contributed by atoms with van der Waals surface area (Å²) in [6.07, 6.45) is 5.57. The lowest BCUT2D eigenvalue weighted by atomic mass is 10.1. The predicted molar refractivity (Wildman–Crippen MR) is 118 cm³/mol. The van der Waals surface area contributed by atoms with Gasteiger partial charge in [-0.1, -0.05) is 0 Å². The Balaban J connectivity index is 1.55. The van der Waals surface area contributed by atoms with Crippen molar-refractivity contribution in [2.45, 2.75) is 37.6 Å². The largest absolute Gasteiger partial charge is 0.454 e. The van der Waals surface area contributed by atoms with Gasteiger partial charge in [-0.3, -0.25) is 9.36 Å². The van der Waals surface area contributed by atoms with Gasteiger partial charge in [-0.15, -0.1) is 23.1 Å². The van der Waals surface area contributed by atoms with E-state index in [2.05, 4.69) is 16.0 Å². The van der Waals surface area contributed by atoms with Crippen LogP contribution in [0.15, 0.2) is 28.7 Å². The quantitative estimate of drug-likeness (QED) is 0.297. The molecule has 0 unspecified atom stereocenters. The molecule has 3 aromatic heterocycles. The Kier molecular flexibility index (Phi) is 5.94. The summed E-state index contributed by atoms with van der Waals surface area (Å²) in [5.41, 5.74) is 3.27. The summed E-state index contributed by atoms with van der Waals surface area (Å²) in [4.78, 5) is 34.4. The van der Waals surface area contributed by atoms with Crippen LogP contribution in [-0.4, -0.2) is 39.2 Å². The molecule has 0 amide bonds. The van der Waals surface area contributed by atoms with E-state index in [1.807, 2.05) is 30.1 Å². The van der Waals surface area contributed by atoms with Crippen LogP contribution >= 0.6 is 23.1 Å². The first-order chi connectivity index (χ1) is 14.9. The minimum Gasteiger partial charge on any atom is -0.454 e. The van der Waals surface area contributed by atoms with Crippen molar-refractivity contribution < 1.29 is 14.3 Å². The predicted octanol–water partition coefficient (Wildman–Crippen LogP) is 4.46. The number of thioether (sulfide) groups is 1. The molecule has 0 bridgehead atoms. The maximum Gasteiger partial charge on any atom is 0.340 e. The number of ketones is 1. The molecule has 1 aliphatic rings. The highest BCUT2D eigenvalue weighted by Gasteiger charge is 2.29. The van der Waals surface area contributed by atoms with Gasteiger partial charge in [0.15, 0.2) is 11.7 Å². The molecule has 0 aliphatic heterocycles. The van der Waals surface area contributed by atoms with E-state index in [-0.39, 0.29) is 16.9 Å². The fourth-order valence-corrected chi connectivity index (χ4v) is 4.81. The maximum atomic E-state index is 12.8. The molecular weight excluding hydrogens is 432 g/mol. The molecule has 4 rings (SSSR count). The Labute approximate surface area is 188 Å². The van der Waals surface area contributed by atoms with Gasteiger partial charge in [-0.25, -0.2) is 14.8 Å². The van der Waals surface area contributed by atoms with Gasteiger partial charge in [-0.05, 0) is 45.1 Å². The second-order valence-corrected chi connectivity index (χ2v) is 8.97. The van der Waals surface area contributed by atoms with Crippen LogP contribution in [0.3, 0.4) is 0 Å². The average molecular weight is 453 g/mol. The molecule has 1 fully saturated rings. The number of nitriles is 1. The van der Waals surface area contributed by atoms with Crippen LogP contribution in [0.1, 0.15) is 62.1 Å². The van der Waals surface area contributed by atoms with E-state index >= 15 is 0 Å². The average Bonchev–Trinajstić information content (AvgIpc) is 3.41. The van der Waals surface area contributed by atoms with Gasteiger partial charge in [0.1, 0.15) is 11.1 Å². The minimum absolute atomic E-state index is 0.171. The molecular formula is C22H20N4O3S2. The standard InChI is InChI=1S/C22H20N4O3S2/c1-12-8-15(13(2)26(12)22-24-6-7-31-22)19(27)11-29-21(28)16-9-18(14-4-5-14)25-20(30-3)17(16)10-23/h6-9,14H,4-5,11H2,1-3H3. The summed E-state index contributed by atoms with van der Waals surface area (Å²) in [5.74, 6) is -0.661. The lowest BCUT2D eigenvalue weighted by molar-refractivity contribution is 0.0473. The van der Waals surface area contributed by atoms with E-state index < -0.39 is 12.6 Å². The summed E-state index contributed by atoms with van der Waals surface area (Å²) in [6.45, 7) is 3.34. The fraction of sp³-hybridized carbons (Fsp3) is 0.318. The second-order valence-electron chi connectivity index (χ2n) is 7.30. The molecule has 9 heteroatoms. The van der Waals surface area contributed by atoms with Crippen LogP contribution in [-0.2, 0) is 4.74 Å². The van der Waals surface area contributed by atoms with Crippen LogP contribution in [0.25, 0.3) is 5.13 Å². The number of hydrogen-bond donors (Lipinski definition) is 0. The highest BCUT2D eigenvalue weighted by molar-refractivity contribution is 7.98. The van der Waals surface area contributed by atoms with Gasteiger partial charge in [0.2, 0.25) is 5.78 Å². The Morgan fingerprint density at radius 2 is 2.10 bits per heavy atom. The third-order valence-electron chi connectivity index (χ3n) is 5.20. The molecule has 0 N–H and O–H groups in total. The summed E-state index contributed by atoms with van der Waals surface area (Å²) in [5, 5.41) is 12.7. The number of aryl methyl sites for hydroxylation is 1. The van der Waals surface area contributed by atoms with Gasteiger partial charge < -0.3 is 4.74 Å². The number of pyridine rings is 1. The van der Waals surface area contributed by atoms with Gasteiger partial charge in [0, 0.05) is 40.1 Å². The molecule has 3 heterocycles. The SMILES string of the molecule is CSc1nc(C2CC2)cc(C(=O)OCC(=O)c2cc(C)n(-c3nccs3)c2C)c1C#N. The Hall–Kier alpha value is -2.96. The Morgan fingerprint density at radius 3 is 2.71 bits per heavy atom. The van der Waals surface area contributed by atoms with Crippen LogP contribution in [0.5, 0.6) is 0 Å². The van der Waals surface area contributed by atoms with Crippen LogP contribution in [0.4, 0.5) is 0 Å². The number of esters is 1. The van der Waals surface area contributed by atoms with Crippen molar-refractivity contribution >= 4 is 34.9 Å². The summed E-state index contributed by atoms with van der Waals surface area (Å²) in [7, 11) is 0. The number of aromatic nitrogens is 3. The third-order valence-corrected chi connectivity index (χ3v) is 6.64. The topological polar surface area (TPSA) is 97.9 Å². The normalized spacial score (nSPS) is 13.1. The zero-order valence-electron chi connectivity index (χ0n) is 17.3. The summed E-state index contributed by atoms with van der Waals surface area (Å²) < 4.78 is 7.24. The van der Waals surface area contributed by atoms with Crippen molar-refractivity contribution in [2.24, 2.45) is 0 Å². The minimum atomic E-state index is -0.682. The zero-order chi connectivity index (χ0) is 22.1. The molecule has 0 radical (unpaired) electrons. The number of rotatable bonds is 7. The van der Waals surface area contributed by atoms with Crippen molar-refractivity contribution in [3.8, 4) is 11.2 Å². The molecule has 0 saturated heterocycles. The Bertz CT molecular complexity index is 1200. The van der Waals surface area contributed by atoms with E-state index in [9.17, 15) is 14.9 Å². The van der Waals surface area contributed by atoms with Gasteiger partial charge in [0.25, 0.3) is 0 Å². The first-order valence-electron chi connectivity index (χ1n) is 9.72.